The van der Waals surface area contributed by atoms with Crippen LogP contribution in [0.25, 0.3) is 22.3 Å². The van der Waals surface area contributed by atoms with Gasteiger partial charge in [0.25, 0.3) is 17.4 Å². The van der Waals surface area contributed by atoms with Crippen molar-refractivity contribution in [1.29, 1.82) is 5.26 Å². The van der Waals surface area contributed by atoms with E-state index >= 15 is 0 Å². The van der Waals surface area contributed by atoms with Crippen LogP contribution in [0.15, 0.2) is 112 Å². The number of hydrogen-bond donors (Lipinski definition) is 6. The number of nitrogens with two attached hydrogens (primary N) is 1. The summed E-state index contributed by atoms with van der Waals surface area (Å²) < 4.78 is 130. The minimum atomic E-state index is -3.77. The predicted molar refractivity (Wildman–Crippen MR) is 366 cm³/mol. The number of nitrogens with zero attached hydrogens (tertiary/aromatic N) is 12. The zero-order chi connectivity index (χ0) is 76.1. The van der Waals surface area contributed by atoms with E-state index < -0.39 is 185 Å². The van der Waals surface area contributed by atoms with Gasteiger partial charge in [0.15, 0.2) is 41.4 Å². The Morgan fingerprint density at radius 3 is 1.73 bits per heavy atom. The van der Waals surface area contributed by atoms with E-state index in [0.717, 1.165) is 15.5 Å². The number of aliphatic hydroxyl groups is 1. The molecule has 0 radical (unpaired) electrons. The van der Waals surface area contributed by atoms with Crippen molar-refractivity contribution in [2.75, 3.05) is 62.2 Å². The fraction of sp³-hybridized carbons (Fsp3) is 0.419. The predicted octanol–water partition coefficient (Wildman–Crippen LogP) is 1.98. The number of carbonyl (C=O) groups is 5. The van der Waals surface area contributed by atoms with Gasteiger partial charge in [0.1, 0.15) is 85.7 Å². The lowest BCUT2D eigenvalue weighted by atomic mass is 10.2. The molecule has 4 fully saturated rings. The number of rotatable bonds is 33. The van der Waals surface area contributed by atoms with Crippen molar-refractivity contribution in [3.05, 3.63) is 135 Å². The second-order valence-corrected chi connectivity index (χ2v) is 27.1. The Hall–Kier alpha value is -10.4. The molecule has 7 N–H and O–H groups in total. The molecule has 4 aliphatic heterocycles. The summed E-state index contributed by atoms with van der Waals surface area (Å²) in [4.78, 5) is 133. The van der Waals surface area contributed by atoms with Gasteiger partial charge < -0.3 is 86.5 Å². The Morgan fingerprint density at radius 1 is 0.639 bits per heavy atom. The second-order valence-electron chi connectivity index (χ2n) is 24.0. The van der Waals surface area contributed by atoms with Crippen LogP contribution in [0.5, 0.6) is 17.4 Å². The molecule has 2 aromatic carbocycles. The number of primary amides is 1. The zero-order valence-electron chi connectivity index (χ0n) is 56.7. The molecule has 108 heavy (non-hydrogen) atoms. The number of H-pyrrole nitrogens is 1. The fourth-order valence-electron chi connectivity index (χ4n) is 11.7. The summed E-state index contributed by atoms with van der Waals surface area (Å²) in [6.07, 6.45) is -9.38. The number of aliphatic hydroxyl groups excluding tert-OH is 1. The number of para-hydroxylation sites is 2. The summed E-state index contributed by atoms with van der Waals surface area (Å²) in [5.74, 6) is -4.32. The monoisotopic (exact) mass is 1560 g/mol. The van der Waals surface area contributed by atoms with E-state index in [2.05, 4.69) is 55.8 Å². The Balaban J connectivity index is 0.780. The minimum absolute atomic E-state index is 0.00437. The highest BCUT2D eigenvalue weighted by atomic mass is 31.1. The van der Waals surface area contributed by atoms with E-state index in [1.807, 2.05) is 6.07 Å². The summed E-state index contributed by atoms with van der Waals surface area (Å²) in [5, 5.41) is 27.3. The van der Waals surface area contributed by atoms with Gasteiger partial charge in [-0.25, -0.2) is 34.3 Å². The van der Waals surface area contributed by atoms with E-state index in [9.17, 15) is 62.4 Å². The molecule has 0 aliphatic carbocycles. The van der Waals surface area contributed by atoms with Crippen LogP contribution >= 0.6 is 24.8 Å². The number of carbonyl (C=O) groups excluding carboxylic acids is 5. The summed E-state index contributed by atoms with van der Waals surface area (Å²) in [6, 6.07) is 20.4. The molecule has 46 heteroatoms. The molecule has 572 valence electrons. The minimum Gasteiger partial charge on any atom is -0.484 e. The van der Waals surface area contributed by atoms with Gasteiger partial charge in [-0.3, -0.25) is 66.2 Å². The lowest BCUT2D eigenvalue weighted by Crippen LogP contribution is -2.35. The second kappa shape index (κ2) is 35.5. The van der Waals surface area contributed by atoms with Crippen LogP contribution in [0.2, 0.25) is 0 Å². The molecule has 12 rings (SSSR count). The molecule has 4 amide bonds. The molecule has 0 saturated carbocycles. The number of fused-ring (bicyclic) bond motifs is 2. The van der Waals surface area contributed by atoms with Crippen molar-refractivity contribution in [2.24, 2.45) is 5.73 Å². The van der Waals surface area contributed by atoms with Gasteiger partial charge >= 0.3 is 48.0 Å². The number of imidazole rings is 2. The lowest BCUT2D eigenvalue weighted by molar-refractivity contribution is -0.160. The molecule has 15 atom stereocenters. The van der Waals surface area contributed by atoms with Gasteiger partial charge in [-0.1, -0.05) is 36.4 Å². The third-order valence-electron chi connectivity index (χ3n) is 16.7. The number of aromatic nitrogens is 12. The molecule has 4 saturated heterocycles. The number of nitriles is 1. The number of benzene rings is 2. The zero-order valence-corrected chi connectivity index (χ0v) is 59.7. The Kier molecular flexibility index (Phi) is 25.4. The molecule has 7 unspecified atom stereocenters. The summed E-state index contributed by atoms with van der Waals surface area (Å²) in [5.41, 5.74) is 3.18. The summed E-state index contributed by atoms with van der Waals surface area (Å²) >= 11 is 0. The first-order chi connectivity index (χ1) is 52.1. The van der Waals surface area contributed by atoms with E-state index in [1.54, 1.807) is 60.7 Å². The van der Waals surface area contributed by atoms with Crippen molar-refractivity contribution in [1.82, 2.24) is 58.1 Å². The van der Waals surface area contributed by atoms with Crippen LogP contribution in [0.1, 0.15) is 69.5 Å². The van der Waals surface area contributed by atoms with Crippen LogP contribution in [0, 0.1) is 18.3 Å². The van der Waals surface area contributed by atoms with E-state index in [1.165, 1.54) is 54.1 Å². The number of nitrogens with one attached hydrogen (secondary N) is 4. The van der Waals surface area contributed by atoms with Crippen LogP contribution in [0.4, 0.5) is 17.6 Å². The van der Waals surface area contributed by atoms with E-state index in [-0.39, 0.29) is 90.1 Å². The number of anilines is 3. The summed E-state index contributed by atoms with van der Waals surface area (Å²) in [6.45, 7) is -0.946. The van der Waals surface area contributed by atoms with Crippen molar-refractivity contribution < 1.29 is 108 Å². The molecule has 0 bridgehead atoms. The summed E-state index contributed by atoms with van der Waals surface area (Å²) in [7, 11) is -11.1. The molecule has 8 aromatic rings. The van der Waals surface area contributed by atoms with Crippen molar-refractivity contribution in [2.45, 2.75) is 120 Å². The van der Waals surface area contributed by atoms with Crippen LogP contribution < -0.4 is 52.8 Å². The standard InChI is InChI=1S/C62H68N17O26P3/c1-32-22-77(62(88)74-57(32)85)48-18-36(102-59(86)53(64)84)41(99-48)24-95-107(90)105-39-21-50(79-31-68-52-56(79)73-60(75-58(52)92-17-9-15-63)72-46(83)28-94-35-12-7-4-8-13-35)101-43(39)26-97-108(91)104-38-20-49(78-30-67-51-54(65-29-66-55(51)78)71-45(82)27-93-34-10-5-3-6-11-34)100-42(38)25-96-106(89)103-37-19-47(98-40(37)23-80)76-16-14-44(69-33(2)81)70-61(76)87/h3-8,10-14,16,22,29-31,36-43,47-50,80,106-108H,9,17-21,23-28H2,1-2H3,(H2,64,84)(H,74,85,88)(H,65,66,71,82)(H,69,70,81,87)(H,72,73,75,83)/t36?,37?,38?,39?,40-,41-,42-,43-,47-,48-,49-,50-/m1/s1. The van der Waals surface area contributed by atoms with Gasteiger partial charge in [-0.15, -0.1) is 0 Å². The number of aryl methyl sites for hydroxylation is 1. The largest absolute Gasteiger partial charge is 0.484 e. The number of ether oxygens (including phenoxy) is 8. The maximum absolute atomic E-state index is 14.5. The van der Waals surface area contributed by atoms with Crippen LogP contribution in [-0.4, -0.2) is 188 Å². The molecule has 0 spiro atoms. The van der Waals surface area contributed by atoms with Crippen LogP contribution in [-0.2, 0) is 88.5 Å². The Labute approximate surface area is 609 Å². The third kappa shape index (κ3) is 19.3. The van der Waals surface area contributed by atoms with Crippen LogP contribution in [0.3, 0.4) is 0 Å². The normalized spacial score (nSPS) is 23.3. The first kappa shape index (κ1) is 77.2. The maximum atomic E-state index is 14.5. The van der Waals surface area contributed by atoms with Gasteiger partial charge in [-0.2, -0.15) is 20.2 Å². The highest BCUT2D eigenvalue weighted by Gasteiger charge is 2.45. The first-order valence-electron chi connectivity index (χ1n) is 32.9. The number of hydrogen-bond acceptors (Lipinski definition) is 34. The lowest BCUT2D eigenvalue weighted by Gasteiger charge is -2.22. The van der Waals surface area contributed by atoms with E-state index in [4.69, 9.17) is 70.8 Å². The maximum Gasteiger partial charge on any atom is 0.396 e. The van der Waals surface area contributed by atoms with Gasteiger partial charge in [0.05, 0.1) is 69.9 Å². The van der Waals surface area contributed by atoms with Crippen molar-refractivity contribution in [3.8, 4) is 23.4 Å². The average molecular weight is 1560 g/mol. The topological polar surface area (TPSA) is 549 Å². The highest BCUT2D eigenvalue weighted by Crippen LogP contribution is 2.45. The SMILES string of the molecule is CC(=O)Nc1ccn([C@H]2CC(O[PH](=O)OC[C@H]3O[C@@H](n4cnc5c(NC(=O)COc6ccccc6)ncnc54)CC3O[PH](=O)OC[C@H]3O[C@@H](n4cnc5c(OCCC#N)nc(NC(=O)COc6ccccc6)nc54)CC3O[PH](=O)OC[C@H]3O[C@@H](n4cc(C)c(=O)[nH]c4=O)CC3OC(=O)C(N)=O)[C@@H](CO)O2)c(=O)n1. The quantitative estimate of drug-likeness (QED) is 0.0148. The molecular weight excluding hydrogens is 1490 g/mol. The first-order valence-corrected chi connectivity index (χ1v) is 36.6. The fourth-order valence-corrected chi connectivity index (χ4v) is 14.3. The number of amides is 4. The van der Waals surface area contributed by atoms with Crippen molar-refractivity contribution >= 4 is 94.3 Å². The third-order valence-corrected chi connectivity index (χ3v) is 19.4. The Bertz CT molecular complexity index is 4910. The molecule has 10 heterocycles. The van der Waals surface area contributed by atoms with Gasteiger partial charge in [-0.05, 0) is 37.3 Å². The molecule has 4 aliphatic rings. The smallest absolute Gasteiger partial charge is 0.396 e. The molecule has 43 nitrogen and oxygen atoms in total. The average Bonchev–Trinajstić information content (AvgIpc) is 1.63. The molecule has 6 aromatic heterocycles. The Morgan fingerprint density at radius 2 is 1.17 bits per heavy atom. The molecular formula is C62H68N17O26P3. The van der Waals surface area contributed by atoms with Gasteiger partial charge in [0, 0.05) is 50.6 Å². The highest BCUT2D eigenvalue weighted by molar-refractivity contribution is 7.33. The number of aromatic amines is 1. The van der Waals surface area contributed by atoms with Crippen molar-refractivity contribution in [3.63, 3.8) is 0 Å². The van der Waals surface area contributed by atoms with Gasteiger partial charge in [0.2, 0.25) is 17.7 Å². The number of esters is 1. The van der Waals surface area contributed by atoms with E-state index in [0.29, 0.717) is 11.5 Å².